The van der Waals surface area contributed by atoms with Crippen LogP contribution in [0.3, 0.4) is 0 Å². The van der Waals surface area contributed by atoms with E-state index in [9.17, 15) is 9.59 Å². The van der Waals surface area contributed by atoms with Gasteiger partial charge in [0.25, 0.3) is 0 Å². The maximum Gasteiger partial charge on any atom is 0.330 e. The number of methoxy groups -OCH3 is 2. The van der Waals surface area contributed by atoms with Crippen molar-refractivity contribution in [1.29, 1.82) is 0 Å². The van der Waals surface area contributed by atoms with Crippen LogP contribution in [0.1, 0.15) is 6.42 Å². The van der Waals surface area contributed by atoms with Gasteiger partial charge in [-0.15, -0.1) is 6.58 Å². The third kappa shape index (κ3) is 4.45. The van der Waals surface area contributed by atoms with E-state index in [1.165, 1.54) is 26.4 Å². The van der Waals surface area contributed by atoms with Crippen LogP contribution in [0.25, 0.3) is 0 Å². The molecular weight excluding hydrogens is 184 g/mol. The van der Waals surface area contributed by atoms with Crippen LogP contribution in [0.15, 0.2) is 24.8 Å². The van der Waals surface area contributed by atoms with E-state index >= 15 is 0 Å². The highest BCUT2D eigenvalue weighted by Gasteiger charge is 2.12. The van der Waals surface area contributed by atoms with Gasteiger partial charge in [-0.2, -0.15) is 0 Å². The summed E-state index contributed by atoms with van der Waals surface area (Å²) in [5.41, 5.74) is 0. The van der Waals surface area contributed by atoms with Gasteiger partial charge in [-0.3, -0.25) is 4.79 Å². The first kappa shape index (κ1) is 12.4. The van der Waals surface area contributed by atoms with Gasteiger partial charge in [0.2, 0.25) is 0 Å². The summed E-state index contributed by atoms with van der Waals surface area (Å²) in [5.74, 6) is -1.23. The van der Waals surface area contributed by atoms with Crippen molar-refractivity contribution in [3.8, 4) is 0 Å². The van der Waals surface area contributed by atoms with Gasteiger partial charge in [0, 0.05) is 6.08 Å². The lowest BCUT2D eigenvalue weighted by atomic mass is 10.1. The maximum absolute atomic E-state index is 11.0. The molecule has 0 rings (SSSR count). The second-order valence-corrected chi connectivity index (χ2v) is 2.53. The number of carbonyl (C=O) groups is 2. The van der Waals surface area contributed by atoms with Crippen molar-refractivity contribution < 1.29 is 19.1 Å². The molecule has 0 aliphatic carbocycles. The van der Waals surface area contributed by atoms with Crippen LogP contribution >= 0.6 is 0 Å². The lowest BCUT2D eigenvalue weighted by molar-refractivity contribution is -0.143. The fourth-order valence-corrected chi connectivity index (χ4v) is 0.819. The number of hydrogen-bond donors (Lipinski definition) is 0. The number of ether oxygens (including phenoxy) is 2. The van der Waals surface area contributed by atoms with E-state index < -0.39 is 11.9 Å². The lowest BCUT2D eigenvalue weighted by Crippen LogP contribution is -2.12. The molecule has 1 unspecified atom stereocenters. The van der Waals surface area contributed by atoms with E-state index in [2.05, 4.69) is 16.1 Å². The van der Waals surface area contributed by atoms with E-state index in [4.69, 9.17) is 0 Å². The Bertz CT molecular complexity index is 243. The molecule has 0 aromatic carbocycles. The quantitative estimate of drug-likeness (QED) is 0.377. The van der Waals surface area contributed by atoms with E-state index in [-0.39, 0.29) is 5.97 Å². The molecule has 0 N–H and O–H groups in total. The first-order valence-electron chi connectivity index (χ1n) is 4.10. The maximum atomic E-state index is 11.0. The summed E-state index contributed by atoms with van der Waals surface area (Å²) in [6.45, 7) is 3.50. The highest BCUT2D eigenvalue weighted by Crippen LogP contribution is 2.07. The summed E-state index contributed by atoms with van der Waals surface area (Å²) in [5, 5.41) is 0. The summed E-state index contributed by atoms with van der Waals surface area (Å²) < 4.78 is 8.91. The Balaban J connectivity index is 4.08. The molecule has 0 aromatic rings. The van der Waals surface area contributed by atoms with Gasteiger partial charge in [0.05, 0.1) is 20.1 Å². The molecule has 0 saturated heterocycles. The molecule has 4 heteroatoms. The van der Waals surface area contributed by atoms with Gasteiger partial charge in [-0.25, -0.2) is 4.79 Å². The Morgan fingerprint density at radius 1 is 1.36 bits per heavy atom. The van der Waals surface area contributed by atoms with Crippen molar-refractivity contribution in [2.24, 2.45) is 5.92 Å². The van der Waals surface area contributed by atoms with Crippen molar-refractivity contribution in [3.63, 3.8) is 0 Å². The molecule has 0 heterocycles. The minimum absolute atomic E-state index is 0.366. The molecule has 1 atom stereocenters. The number of rotatable bonds is 5. The molecule has 0 fully saturated rings. The molecular formula is C10H14O4. The number of carbonyl (C=O) groups excluding carboxylic acids is 2. The van der Waals surface area contributed by atoms with Crippen LogP contribution in [0.2, 0.25) is 0 Å². The molecule has 0 aliphatic rings. The minimum Gasteiger partial charge on any atom is -0.469 e. The molecule has 0 spiro atoms. The molecule has 0 radical (unpaired) electrons. The monoisotopic (exact) mass is 198 g/mol. The minimum atomic E-state index is -0.447. The zero-order valence-electron chi connectivity index (χ0n) is 8.36. The van der Waals surface area contributed by atoms with Crippen LogP contribution in [0, 0.1) is 5.92 Å². The highest BCUT2D eigenvalue weighted by atomic mass is 16.5. The number of hydrogen-bond acceptors (Lipinski definition) is 4. The summed E-state index contributed by atoms with van der Waals surface area (Å²) in [6.07, 6.45) is 4.67. The third-order valence-corrected chi connectivity index (χ3v) is 1.63. The van der Waals surface area contributed by atoms with Gasteiger partial charge in [-0.1, -0.05) is 12.2 Å². The van der Waals surface area contributed by atoms with E-state index in [1.807, 2.05) is 0 Å². The fourth-order valence-electron chi connectivity index (χ4n) is 0.819. The normalized spacial score (nSPS) is 12.1. The predicted molar refractivity (Wildman–Crippen MR) is 51.5 cm³/mol. The van der Waals surface area contributed by atoms with Crippen molar-refractivity contribution in [3.05, 3.63) is 24.8 Å². The number of esters is 2. The van der Waals surface area contributed by atoms with Gasteiger partial charge in [-0.05, 0) is 6.42 Å². The third-order valence-electron chi connectivity index (χ3n) is 1.63. The zero-order chi connectivity index (χ0) is 11.0. The van der Waals surface area contributed by atoms with Gasteiger partial charge in [0.15, 0.2) is 0 Å². The second kappa shape index (κ2) is 6.88. The molecule has 14 heavy (non-hydrogen) atoms. The molecule has 0 amide bonds. The van der Waals surface area contributed by atoms with Gasteiger partial charge >= 0.3 is 11.9 Å². The Hall–Kier alpha value is -1.58. The predicted octanol–water partition coefficient (Wildman–Crippen LogP) is 1.08. The summed E-state index contributed by atoms with van der Waals surface area (Å²) in [6, 6.07) is 0. The van der Waals surface area contributed by atoms with Crippen LogP contribution in [-0.2, 0) is 19.1 Å². The SMILES string of the molecule is C=CC(C/C=C/C(=O)OC)C(=O)OC. The Kier molecular flexibility index (Phi) is 6.11. The molecule has 0 saturated carbocycles. The topological polar surface area (TPSA) is 52.6 Å². The largest absolute Gasteiger partial charge is 0.469 e. The first-order valence-corrected chi connectivity index (χ1v) is 4.10. The fraction of sp³-hybridized carbons (Fsp3) is 0.400. The Morgan fingerprint density at radius 2 is 2.00 bits per heavy atom. The Morgan fingerprint density at radius 3 is 2.43 bits per heavy atom. The molecule has 0 aliphatic heterocycles. The average molecular weight is 198 g/mol. The summed E-state index contributed by atoms with van der Waals surface area (Å²) in [4.78, 5) is 21.7. The van der Waals surface area contributed by atoms with Gasteiger partial charge < -0.3 is 9.47 Å². The van der Waals surface area contributed by atoms with Gasteiger partial charge in [0.1, 0.15) is 0 Å². The second-order valence-electron chi connectivity index (χ2n) is 2.53. The smallest absolute Gasteiger partial charge is 0.330 e. The van der Waals surface area contributed by atoms with Crippen molar-refractivity contribution in [2.75, 3.05) is 14.2 Å². The van der Waals surface area contributed by atoms with Crippen molar-refractivity contribution in [2.45, 2.75) is 6.42 Å². The summed E-state index contributed by atoms with van der Waals surface area (Å²) >= 11 is 0. The van der Waals surface area contributed by atoms with Crippen LogP contribution < -0.4 is 0 Å². The molecule has 0 aromatic heterocycles. The molecule has 0 bridgehead atoms. The van der Waals surface area contributed by atoms with E-state index in [1.54, 1.807) is 6.08 Å². The van der Waals surface area contributed by atoms with Crippen molar-refractivity contribution in [1.82, 2.24) is 0 Å². The highest BCUT2D eigenvalue weighted by molar-refractivity contribution is 5.82. The lowest BCUT2D eigenvalue weighted by Gasteiger charge is -2.05. The first-order chi connectivity index (χ1) is 6.65. The van der Waals surface area contributed by atoms with Crippen LogP contribution in [0.5, 0.6) is 0 Å². The van der Waals surface area contributed by atoms with E-state index in [0.717, 1.165) is 0 Å². The van der Waals surface area contributed by atoms with Crippen molar-refractivity contribution >= 4 is 11.9 Å². The Labute approximate surface area is 83.2 Å². The molecule has 4 nitrogen and oxygen atoms in total. The standard InChI is InChI=1S/C10H14O4/c1-4-8(10(12)14-3)6-5-7-9(11)13-2/h4-5,7-8H,1,6H2,2-3H3/b7-5+. The number of allylic oxidation sites excluding steroid dienone is 1. The zero-order valence-corrected chi connectivity index (χ0v) is 8.36. The van der Waals surface area contributed by atoms with Crippen LogP contribution in [0.4, 0.5) is 0 Å². The van der Waals surface area contributed by atoms with Crippen LogP contribution in [-0.4, -0.2) is 26.2 Å². The van der Waals surface area contributed by atoms with E-state index in [0.29, 0.717) is 6.42 Å². The molecule has 78 valence electrons. The summed E-state index contributed by atoms with van der Waals surface area (Å²) in [7, 11) is 2.60. The average Bonchev–Trinajstić information content (AvgIpc) is 2.22.